The average Bonchev–Trinajstić information content (AvgIpc) is 1.67. The van der Waals surface area contributed by atoms with Gasteiger partial charge in [-0.3, -0.25) is 0 Å². The van der Waals surface area contributed by atoms with Crippen LogP contribution in [0.2, 0.25) is 20.1 Å². The monoisotopic (exact) mass is 1850 g/mol. The number of nitrogens with zero attached hydrogens (tertiary/aromatic N) is 24. The second-order valence-corrected chi connectivity index (χ2v) is 30.3. The summed E-state index contributed by atoms with van der Waals surface area (Å²) in [5.74, 6) is 7.32. The van der Waals surface area contributed by atoms with Gasteiger partial charge >= 0.3 is 18.0 Å². The molecule has 9 N–H and O–H groups in total. The molecule has 0 fully saturated rings. The molecule has 0 amide bonds. The van der Waals surface area contributed by atoms with Gasteiger partial charge in [-0.15, -0.1) is 30.6 Å². The Morgan fingerprint density at radius 2 is 0.817 bits per heavy atom. The van der Waals surface area contributed by atoms with Crippen LogP contribution in [-0.2, 0) is 19.4 Å². The molecule has 24 rings (SSSR count). The van der Waals surface area contributed by atoms with Crippen LogP contribution in [0.15, 0.2) is 228 Å². The highest BCUT2D eigenvalue weighted by Crippen LogP contribution is 2.41. The Balaban J connectivity index is 0.000000102. The van der Waals surface area contributed by atoms with Gasteiger partial charge in [0.15, 0.2) is 68.5 Å². The second kappa shape index (κ2) is 33.0. The third kappa shape index (κ3) is 15.7. The molecule has 0 unspecified atom stereocenters. The molecule has 0 saturated heterocycles. The number of hydrogen-bond acceptors (Lipinski definition) is 28. The highest BCUT2D eigenvalue weighted by Gasteiger charge is 2.36. The fourth-order valence-corrected chi connectivity index (χ4v) is 15.1. The van der Waals surface area contributed by atoms with Crippen LogP contribution in [0.3, 0.4) is 0 Å². The molecule has 46 heteroatoms. The van der Waals surface area contributed by atoms with E-state index in [1.807, 2.05) is 86.3 Å². The molecule has 0 spiro atoms. The van der Waals surface area contributed by atoms with Gasteiger partial charge in [0.1, 0.15) is 17.3 Å². The van der Waals surface area contributed by atoms with Crippen molar-refractivity contribution in [1.29, 1.82) is 0 Å². The van der Waals surface area contributed by atoms with E-state index in [1.165, 1.54) is 56.6 Å². The first-order chi connectivity index (χ1) is 63.0. The molecular formula is C85H57Cl4F6N29O7. The van der Waals surface area contributed by atoms with E-state index < -0.39 is 29.2 Å². The van der Waals surface area contributed by atoms with Crippen molar-refractivity contribution in [3.05, 3.63) is 260 Å². The molecule has 654 valence electrons. The minimum Gasteiger partial charge on any atom is -0.497 e. The maximum Gasteiger partial charge on any atom is 0.417 e. The molecule has 18 aromatic heterocycles. The molecule has 0 aliphatic rings. The van der Waals surface area contributed by atoms with Crippen molar-refractivity contribution in [3.8, 4) is 75.2 Å². The number of furan rings is 5. The van der Waals surface area contributed by atoms with E-state index in [0.29, 0.717) is 117 Å². The number of hydrogen-bond donors (Lipinski definition) is 5. The first-order valence-electron chi connectivity index (χ1n) is 38.6. The van der Waals surface area contributed by atoms with Crippen LogP contribution in [0.1, 0.15) is 28.3 Å². The van der Waals surface area contributed by atoms with Crippen LogP contribution < -0.4 is 33.4 Å². The zero-order chi connectivity index (χ0) is 91.3. The molecule has 24 aromatic rings. The lowest BCUT2D eigenvalue weighted by Crippen LogP contribution is -2.17. The first-order valence-corrected chi connectivity index (χ1v) is 40.1. The maximum atomic E-state index is 13.3. The standard InChI is InChI=1S/C15H12ClN5O.C15H9F3N4O.C14H11ClN6.C14H8F3N5O.C14H11N5O2.C13H6Cl2N4O2/c1-7-5-8(2)22-12(7)13-19-14-10-6-9(16)3-4-11(10)18-15(17)21(14)20-13;1-8-19-10-5-2-4-9(15(16,17)18)12(10)14-20-13(21-22(8)14)11-6-3-7-23-11;1-20-6-2-3-11(20)12-18-13-9-7-8(15)4-5-10(9)17-14(16)21(13)19-12;15-14(16,17)7-3-1-4-8-10(7)12-20-11(9-5-2-6-23-9)21-22(12)13(18)19-8;1-20-8-4-5-10-9(7-8)13-17-12(11-3-2-6-21-11)18-19(13)14(15)16-10;14-6-3-4-7-9(10(6)15)12-17-11(8-2-1-5-21-8)18-19(12)13(20)16-7/h3-6H,1-2H3,(H2,17,18);2-7H,1H3;2-7H,1H3,(H2,16,17);1-6H,(H2,18,19);2-7H,1H3,(H2,15,16);1-5H,(H,16,20). The fraction of sp³-hybridized carbons (Fsp3) is 0.0824. The predicted molar refractivity (Wildman–Crippen MR) is 474 cm³/mol. The van der Waals surface area contributed by atoms with Crippen molar-refractivity contribution in [2.75, 3.05) is 30.0 Å². The largest absolute Gasteiger partial charge is 0.497 e. The molecule has 6 aromatic carbocycles. The van der Waals surface area contributed by atoms with Crippen molar-refractivity contribution in [3.63, 3.8) is 0 Å². The van der Waals surface area contributed by atoms with Crippen molar-refractivity contribution >= 4 is 169 Å². The molecule has 36 nitrogen and oxygen atoms in total. The number of rotatable bonds is 7. The minimum atomic E-state index is -4.55. The number of aryl methyl sites for hydroxylation is 4. The molecule has 0 aliphatic carbocycles. The third-order valence-electron chi connectivity index (χ3n) is 20.2. The molecule has 18 heterocycles. The van der Waals surface area contributed by atoms with E-state index in [0.717, 1.165) is 76.6 Å². The van der Waals surface area contributed by atoms with Gasteiger partial charge < -0.3 is 59.3 Å². The molecule has 0 radical (unpaired) electrons. The van der Waals surface area contributed by atoms with E-state index in [4.69, 9.17) is 96.2 Å². The number of fused-ring (bicyclic) bond motifs is 18. The van der Waals surface area contributed by atoms with Gasteiger partial charge in [0.25, 0.3) is 0 Å². The van der Waals surface area contributed by atoms with E-state index in [2.05, 4.69) is 90.4 Å². The van der Waals surface area contributed by atoms with Gasteiger partial charge in [-0.25, -0.2) is 59.6 Å². The van der Waals surface area contributed by atoms with E-state index in [1.54, 1.807) is 104 Å². The molecule has 0 bridgehead atoms. The normalized spacial score (nSPS) is 11.8. The summed E-state index contributed by atoms with van der Waals surface area (Å²) in [6.45, 7) is 5.50. The number of anilines is 4. The second-order valence-electron chi connectivity index (χ2n) is 28.7. The molecular weight excluding hydrogens is 1790 g/mol. The molecule has 131 heavy (non-hydrogen) atoms. The number of benzene rings is 6. The minimum absolute atomic E-state index is 0.0215. The summed E-state index contributed by atoms with van der Waals surface area (Å²) in [5.41, 5.74) is 28.9. The zero-order valence-corrected chi connectivity index (χ0v) is 70.8. The Kier molecular flexibility index (Phi) is 21.1. The van der Waals surface area contributed by atoms with Crippen LogP contribution in [0.4, 0.5) is 50.1 Å². The highest BCUT2D eigenvalue weighted by atomic mass is 35.5. The third-order valence-corrected chi connectivity index (χ3v) is 21.4. The van der Waals surface area contributed by atoms with E-state index in [9.17, 15) is 31.1 Å². The summed E-state index contributed by atoms with van der Waals surface area (Å²) in [5, 5.41) is 30.3. The van der Waals surface area contributed by atoms with Gasteiger partial charge in [0.05, 0.1) is 108 Å². The zero-order valence-electron chi connectivity index (χ0n) is 67.7. The SMILES string of the molecule is COc1ccc2nc(N)n3nc(-c4ccco4)nc3c2c1.Cc1cc(C)c(-c2nc3c4cc(Cl)ccc4nc(N)n3n2)o1.Cc1nc2cccc(C(F)(F)F)c2c2nc(-c3ccco3)nn12.Cn1cccc1-c1nc2c3cc(Cl)ccc3nc(N)n2n1.Nc1nc2cccc(C(F)(F)F)c2c2nc(-c3ccco3)nn12.O=c1[nH]c2ccc(Cl)c(Cl)c2c2nc(-c3ccco3)nn12. The molecule has 0 saturated carbocycles. The summed E-state index contributed by atoms with van der Waals surface area (Å²) in [6, 6.07) is 46.6. The highest BCUT2D eigenvalue weighted by molar-refractivity contribution is 6.46. The van der Waals surface area contributed by atoms with Crippen LogP contribution in [0, 0.1) is 20.8 Å². The Morgan fingerprint density at radius 1 is 0.405 bits per heavy atom. The number of alkyl halides is 6. The number of methoxy groups -OCH3 is 1. The Morgan fingerprint density at radius 3 is 1.27 bits per heavy atom. The number of ether oxygens (including phenoxy) is 1. The number of H-pyrrole nitrogens is 1. The average molecular weight is 1850 g/mol. The number of nitrogens with one attached hydrogen (secondary N) is 1. The molecule has 0 atom stereocenters. The lowest BCUT2D eigenvalue weighted by atomic mass is 10.1. The van der Waals surface area contributed by atoms with Gasteiger partial charge in [-0.2, -0.15) is 53.4 Å². The van der Waals surface area contributed by atoms with Crippen LogP contribution in [0.5, 0.6) is 5.75 Å². The van der Waals surface area contributed by atoms with Crippen molar-refractivity contribution in [2.24, 2.45) is 7.05 Å². The van der Waals surface area contributed by atoms with Gasteiger partial charge in [-0.1, -0.05) is 58.5 Å². The summed E-state index contributed by atoms with van der Waals surface area (Å²) in [7, 11) is 3.55. The lowest BCUT2D eigenvalue weighted by molar-refractivity contribution is -0.137. The lowest BCUT2D eigenvalue weighted by Gasteiger charge is -2.11. The van der Waals surface area contributed by atoms with Crippen LogP contribution in [0.25, 0.3) is 169 Å². The van der Waals surface area contributed by atoms with Crippen molar-refractivity contribution in [2.45, 2.75) is 33.1 Å². The summed E-state index contributed by atoms with van der Waals surface area (Å²) >= 11 is 24.4. The van der Waals surface area contributed by atoms with Gasteiger partial charge in [-0.05, 0) is 184 Å². The van der Waals surface area contributed by atoms with Gasteiger partial charge in [0, 0.05) is 39.4 Å². The number of aromatic amines is 1. The first kappa shape index (κ1) is 83.9. The Bertz CT molecular complexity index is 8450. The number of nitrogen functional groups attached to an aromatic ring is 4. The smallest absolute Gasteiger partial charge is 0.417 e. The van der Waals surface area contributed by atoms with Crippen LogP contribution >= 0.6 is 46.4 Å². The van der Waals surface area contributed by atoms with E-state index in [-0.39, 0.29) is 62.6 Å². The quantitative estimate of drug-likeness (QED) is 0.0925. The number of aromatic nitrogens is 25. The van der Waals surface area contributed by atoms with Crippen LogP contribution in [-0.4, -0.2) is 129 Å². The summed E-state index contributed by atoms with van der Waals surface area (Å²) in [6.07, 6.45) is -1.16. The maximum absolute atomic E-state index is 13.3. The van der Waals surface area contributed by atoms with Crippen molar-refractivity contribution < 1.29 is 53.2 Å². The van der Waals surface area contributed by atoms with Crippen molar-refractivity contribution in [1.82, 2.24) is 122 Å². The molecule has 0 aliphatic heterocycles. The van der Waals surface area contributed by atoms with E-state index >= 15 is 0 Å². The number of halogens is 10. The Labute approximate surface area is 745 Å². The number of nitrogens with two attached hydrogens (primary N) is 4. The summed E-state index contributed by atoms with van der Waals surface area (Å²) < 4.78 is 122. The topological polar surface area (TPSA) is 462 Å². The summed E-state index contributed by atoms with van der Waals surface area (Å²) in [4.78, 5) is 62.3. The van der Waals surface area contributed by atoms with Gasteiger partial charge in [0.2, 0.25) is 52.9 Å². The predicted octanol–water partition coefficient (Wildman–Crippen LogP) is 18.2. The Hall–Kier alpha value is -16.6. The fourth-order valence-electron chi connectivity index (χ4n) is 14.3.